The lowest BCUT2D eigenvalue weighted by Crippen LogP contribution is -2.43. The molecule has 2 amide bonds. The fraction of sp³-hybridized carbons (Fsp3) is 0.536. The van der Waals surface area contributed by atoms with Gasteiger partial charge in [0.2, 0.25) is 11.8 Å². The Hall–Kier alpha value is -4.44. The van der Waals surface area contributed by atoms with Crippen molar-refractivity contribution in [2.45, 2.75) is 87.0 Å². The second kappa shape index (κ2) is 10.6. The minimum Gasteiger partial charge on any atom is -0.342 e. The van der Waals surface area contributed by atoms with Gasteiger partial charge in [0.05, 0.1) is 24.1 Å². The summed E-state index contributed by atoms with van der Waals surface area (Å²) in [6.07, 6.45) is 1.78. The number of hydrogen-bond acceptors (Lipinski definition) is 8. The molecule has 3 aliphatic rings. The molecular formula is C28H28F5N9O3. The van der Waals surface area contributed by atoms with Crippen molar-refractivity contribution >= 4 is 17.5 Å². The highest BCUT2D eigenvalue weighted by atomic mass is 19.4. The Morgan fingerprint density at radius 2 is 1.93 bits per heavy atom. The Morgan fingerprint density at radius 3 is 2.60 bits per heavy atom. The van der Waals surface area contributed by atoms with Crippen LogP contribution in [-0.4, -0.2) is 64.6 Å². The van der Waals surface area contributed by atoms with E-state index < -0.39 is 48.0 Å². The standard InChI is InChI=1S/C28H28F5N9O3/c29-27(30)6-4-17(5-7-27)21(38-24(43)23-22(16-2-3-16)39-45-40-23)18-14-41-20(36-18)10-15(13-35-41)11-26(42-9-1-8-34-42)12-19(28(31,32)33)37-25(26)44/h1,8-10,13-14,16-17,19,21H,2-7,11-12H2,(H,37,44)(H,38,43)/t19-,21-,26+/m0/s1. The molecule has 2 N–H and O–H groups in total. The number of carbonyl (C=O) groups is 2. The van der Waals surface area contributed by atoms with Crippen LogP contribution in [0.4, 0.5) is 22.0 Å². The van der Waals surface area contributed by atoms with Gasteiger partial charge >= 0.3 is 6.18 Å². The maximum atomic E-state index is 14.1. The first kappa shape index (κ1) is 29.3. The molecule has 17 heteroatoms. The van der Waals surface area contributed by atoms with Gasteiger partial charge in [-0.3, -0.25) is 14.3 Å². The van der Waals surface area contributed by atoms with Crippen molar-refractivity contribution in [2.24, 2.45) is 5.92 Å². The molecule has 3 atom stereocenters. The van der Waals surface area contributed by atoms with E-state index in [2.05, 4.69) is 36.1 Å². The Morgan fingerprint density at radius 1 is 1.16 bits per heavy atom. The van der Waals surface area contributed by atoms with E-state index in [0.717, 1.165) is 12.8 Å². The summed E-state index contributed by atoms with van der Waals surface area (Å²) in [7, 11) is 0. The summed E-state index contributed by atoms with van der Waals surface area (Å²) in [5, 5.41) is 21.1. The number of alkyl halides is 5. The summed E-state index contributed by atoms with van der Waals surface area (Å²) in [4.78, 5) is 31.1. The number of nitrogens with one attached hydrogen (secondary N) is 2. The van der Waals surface area contributed by atoms with E-state index >= 15 is 0 Å². The average molecular weight is 634 g/mol. The van der Waals surface area contributed by atoms with Crippen LogP contribution in [0, 0.1) is 5.92 Å². The summed E-state index contributed by atoms with van der Waals surface area (Å²) >= 11 is 0. The van der Waals surface area contributed by atoms with Crippen molar-refractivity contribution in [3.8, 4) is 0 Å². The molecule has 5 heterocycles. The van der Waals surface area contributed by atoms with Crippen LogP contribution in [0.1, 0.15) is 84.3 Å². The molecule has 3 fully saturated rings. The third-order valence-corrected chi connectivity index (χ3v) is 9.03. The van der Waals surface area contributed by atoms with Gasteiger partial charge < -0.3 is 10.6 Å². The number of nitrogens with zero attached hydrogens (tertiary/aromatic N) is 7. The van der Waals surface area contributed by atoms with Crippen molar-refractivity contribution in [1.82, 2.24) is 45.3 Å². The number of imidazole rings is 1. The molecule has 0 spiro atoms. The highest BCUT2D eigenvalue weighted by molar-refractivity contribution is 5.93. The van der Waals surface area contributed by atoms with Gasteiger partial charge in [-0.2, -0.15) is 23.4 Å². The lowest BCUT2D eigenvalue weighted by atomic mass is 9.81. The van der Waals surface area contributed by atoms with Gasteiger partial charge in [-0.15, -0.1) is 0 Å². The molecule has 45 heavy (non-hydrogen) atoms. The van der Waals surface area contributed by atoms with Gasteiger partial charge in [0.25, 0.3) is 5.91 Å². The third kappa shape index (κ3) is 5.52. The molecule has 2 saturated carbocycles. The van der Waals surface area contributed by atoms with Crippen LogP contribution in [0.15, 0.2) is 41.5 Å². The predicted molar refractivity (Wildman–Crippen MR) is 143 cm³/mol. The van der Waals surface area contributed by atoms with Crippen LogP contribution in [0.5, 0.6) is 0 Å². The van der Waals surface area contributed by atoms with E-state index in [1.165, 1.54) is 33.9 Å². The zero-order valence-electron chi connectivity index (χ0n) is 23.7. The maximum absolute atomic E-state index is 14.1. The number of hydrogen-bond donors (Lipinski definition) is 2. The van der Waals surface area contributed by atoms with Crippen molar-refractivity contribution < 1.29 is 36.2 Å². The van der Waals surface area contributed by atoms with E-state index in [0.29, 0.717) is 22.6 Å². The van der Waals surface area contributed by atoms with E-state index in [-0.39, 0.29) is 49.6 Å². The molecule has 2 aliphatic carbocycles. The van der Waals surface area contributed by atoms with E-state index in [1.54, 1.807) is 12.3 Å². The van der Waals surface area contributed by atoms with Crippen LogP contribution in [0.2, 0.25) is 0 Å². The number of carbonyl (C=O) groups excluding carboxylic acids is 2. The SMILES string of the molecule is O=C(N[C@H](c1cn2ncc(C[C@@]3(n4cccn4)C[C@@H](C(F)(F)F)NC3=O)cc2n1)C1CCC(F)(F)CC1)c1nonc1C1CC1. The summed E-state index contributed by atoms with van der Waals surface area (Å²) < 4.78 is 76.5. The Bertz CT molecular complexity index is 1720. The largest absolute Gasteiger partial charge is 0.408 e. The molecule has 238 valence electrons. The minimum absolute atomic E-state index is 0.0451. The number of fused-ring (bicyclic) bond motifs is 1. The number of halogens is 5. The third-order valence-electron chi connectivity index (χ3n) is 9.03. The number of rotatable bonds is 8. The van der Waals surface area contributed by atoms with Crippen molar-refractivity contribution in [3.63, 3.8) is 0 Å². The maximum Gasteiger partial charge on any atom is 0.408 e. The summed E-state index contributed by atoms with van der Waals surface area (Å²) in [6.45, 7) is 0. The molecule has 0 bridgehead atoms. The topological polar surface area (TPSA) is 145 Å². The first-order chi connectivity index (χ1) is 21.4. The Balaban J connectivity index is 1.19. The molecule has 0 radical (unpaired) electrons. The average Bonchev–Trinajstić information content (AvgIpc) is 3.39. The Labute approximate surface area is 251 Å². The smallest absolute Gasteiger partial charge is 0.342 e. The first-order valence-electron chi connectivity index (χ1n) is 14.6. The summed E-state index contributed by atoms with van der Waals surface area (Å²) in [5.41, 5.74) is -0.0697. The normalized spacial score (nSPS) is 24.6. The zero-order chi connectivity index (χ0) is 31.6. The summed E-state index contributed by atoms with van der Waals surface area (Å²) in [6, 6.07) is 0.301. The van der Waals surface area contributed by atoms with E-state index in [4.69, 9.17) is 4.63 Å². The van der Waals surface area contributed by atoms with Gasteiger partial charge in [-0.05, 0) is 54.5 Å². The molecule has 1 aliphatic heterocycles. The lowest BCUT2D eigenvalue weighted by Gasteiger charge is -2.33. The van der Waals surface area contributed by atoms with Gasteiger partial charge in [0, 0.05) is 44.0 Å². The monoisotopic (exact) mass is 633 g/mol. The molecule has 1 saturated heterocycles. The molecule has 0 aromatic carbocycles. The minimum atomic E-state index is -4.64. The highest BCUT2D eigenvalue weighted by Gasteiger charge is 2.57. The van der Waals surface area contributed by atoms with Gasteiger partial charge in [0.15, 0.2) is 11.3 Å². The van der Waals surface area contributed by atoms with Crippen molar-refractivity contribution in [1.29, 1.82) is 0 Å². The van der Waals surface area contributed by atoms with Crippen molar-refractivity contribution in [3.05, 3.63) is 59.6 Å². The molecular weight excluding hydrogens is 605 g/mol. The highest BCUT2D eigenvalue weighted by Crippen LogP contribution is 2.43. The predicted octanol–water partition coefficient (Wildman–Crippen LogP) is 3.87. The van der Waals surface area contributed by atoms with E-state index in [9.17, 15) is 31.5 Å². The van der Waals surface area contributed by atoms with Crippen LogP contribution in [0.3, 0.4) is 0 Å². The van der Waals surface area contributed by atoms with Crippen molar-refractivity contribution in [2.75, 3.05) is 0 Å². The first-order valence-corrected chi connectivity index (χ1v) is 14.6. The second-order valence-corrected chi connectivity index (χ2v) is 12.2. The van der Waals surface area contributed by atoms with Crippen LogP contribution in [0.25, 0.3) is 5.65 Å². The molecule has 12 nitrogen and oxygen atoms in total. The van der Waals surface area contributed by atoms with Crippen LogP contribution in [-0.2, 0) is 16.8 Å². The van der Waals surface area contributed by atoms with Gasteiger partial charge in [-0.25, -0.2) is 22.9 Å². The quantitative estimate of drug-likeness (QED) is 0.278. The fourth-order valence-electron chi connectivity index (χ4n) is 6.46. The fourth-order valence-corrected chi connectivity index (χ4v) is 6.46. The number of amides is 2. The number of aromatic nitrogens is 7. The summed E-state index contributed by atoms with van der Waals surface area (Å²) in [5.74, 6) is -4.45. The zero-order valence-corrected chi connectivity index (χ0v) is 23.7. The van der Waals surface area contributed by atoms with E-state index in [1.807, 2.05) is 0 Å². The van der Waals surface area contributed by atoms with Gasteiger partial charge in [-0.1, -0.05) is 5.16 Å². The Kier molecular flexibility index (Phi) is 6.88. The van der Waals surface area contributed by atoms with Crippen LogP contribution < -0.4 is 10.6 Å². The van der Waals surface area contributed by atoms with Gasteiger partial charge in [0.1, 0.15) is 17.3 Å². The van der Waals surface area contributed by atoms with Crippen LogP contribution >= 0.6 is 0 Å². The second-order valence-electron chi connectivity index (χ2n) is 12.2. The lowest BCUT2D eigenvalue weighted by molar-refractivity contribution is -0.155. The molecule has 4 aromatic rings. The molecule has 7 rings (SSSR count). The molecule has 0 unspecified atom stereocenters. The molecule has 4 aromatic heterocycles.